The molecule has 6 nitrogen and oxygen atoms in total. The van der Waals surface area contributed by atoms with Gasteiger partial charge in [-0.3, -0.25) is 9.78 Å². The van der Waals surface area contributed by atoms with Crippen LogP contribution in [0.25, 0.3) is 0 Å². The van der Waals surface area contributed by atoms with Crippen LogP contribution >= 0.6 is 0 Å². The number of carbonyl (C=O) groups is 2. The number of rotatable bonds is 5. The van der Waals surface area contributed by atoms with Crippen molar-refractivity contribution in [2.45, 2.75) is 19.4 Å². The molecule has 1 aromatic rings. The van der Waals surface area contributed by atoms with Gasteiger partial charge in [0.15, 0.2) is 0 Å². The molecule has 0 aromatic carbocycles. The summed E-state index contributed by atoms with van der Waals surface area (Å²) in [5, 5.41) is 11.3. The highest BCUT2D eigenvalue weighted by Crippen LogP contribution is 2.07. The van der Waals surface area contributed by atoms with E-state index in [1.54, 1.807) is 19.1 Å². The van der Waals surface area contributed by atoms with Crippen molar-refractivity contribution < 1.29 is 14.3 Å². The summed E-state index contributed by atoms with van der Waals surface area (Å²) in [6, 6.07) is 6.06. The van der Waals surface area contributed by atoms with Crippen LogP contribution in [-0.4, -0.2) is 30.0 Å². The number of ether oxygens (including phenoxy) is 1. The SMILES string of the molecule is COC(=O)[C@@H](C[C@@H](C)C#N)NC(=O)c1ccccn1. The summed E-state index contributed by atoms with van der Waals surface area (Å²) in [7, 11) is 1.24. The first kappa shape index (κ1) is 14.6. The molecule has 0 radical (unpaired) electrons. The molecule has 0 fully saturated rings. The van der Waals surface area contributed by atoms with Crippen molar-refractivity contribution in [1.82, 2.24) is 10.3 Å². The van der Waals surface area contributed by atoms with Gasteiger partial charge in [-0.05, 0) is 25.5 Å². The third-order valence-corrected chi connectivity index (χ3v) is 2.50. The van der Waals surface area contributed by atoms with Gasteiger partial charge in [-0.1, -0.05) is 6.07 Å². The number of nitrogens with one attached hydrogen (secondary N) is 1. The van der Waals surface area contributed by atoms with E-state index < -0.39 is 17.9 Å². The predicted molar refractivity (Wildman–Crippen MR) is 66.9 cm³/mol. The molecular weight excluding hydrogens is 246 g/mol. The molecule has 0 unspecified atom stereocenters. The number of pyridine rings is 1. The fourth-order valence-corrected chi connectivity index (χ4v) is 1.49. The highest BCUT2D eigenvalue weighted by atomic mass is 16.5. The van der Waals surface area contributed by atoms with Crippen LogP contribution in [0.5, 0.6) is 0 Å². The molecule has 100 valence electrons. The van der Waals surface area contributed by atoms with Crippen LogP contribution in [0.4, 0.5) is 0 Å². The predicted octanol–water partition coefficient (Wildman–Crippen LogP) is 0.903. The zero-order valence-corrected chi connectivity index (χ0v) is 10.8. The normalized spacial score (nSPS) is 12.9. The average Bonchev–Trinajstić information content (AvgIpc) is 2.46. The van der Waals surface area contributed by atoms with E-state index in [1.807, 2.05) is 6.07 Å². The van der Waals surface area contributed by atoms with Gasteiger partial charge in [0, 0.05) is 12.1 Å². The van der Waals surface area contributed by atoms with Crippen molar-refractivity contribution in [3.63, 3.8) is 0 Å². The van der Waals surface area contributed by atoms with Crippen molar-refractivity contribution in [2.75, 3.05) is 7.11 Å². The zero-order chi connectivity index (χ0) is 14.3. The molecule has 0 aliphatic rings. The number of aromatic nitrogens is 1. The third-order valence-electron chi connectivity index (χ3n) is 2.50. The zero-order valence-electron chi connectivity index (χ0n) is 10.8. The maximum atomic E-state index is 11.9. The van der Waals surface area contributed by atoms with Crippen molar-refractivity contribution in [2.24, 2.45) is 5.92 Å². The number of hydrogen-bond acceptors (Lipinski definition) is 5. The van der Waals surface area contributed by atoms with Gasteiger partial charge in [-0.25, -0.2) is 4.79 Å². The average molecular weight is 261 g/mol. The van der Waals surface area contributed by atoms with Crippen molar-refractivity contribution >= 4 is 11.9 Å². The van der Waals surface area contributed by atoms with Gasteiger partial charge in [0.2, 0.25) is 0 Å². The largest absolute Gasteiger partial charge is 0.467 e. The molecule has 1 rings (SSSR count). The quantitative estimate of drug-likeness (QED) is 0.795. The Labute approximate surface area is 111 Å². The number of methoxy groups -OCH3 is 1. The molecule has 1 N–H and O–H groups in total. The highest BCUT2D eigenvalue weighted by Gasteiger charge is 2.24. The lowest BCUT2D eigenvalue weighted by atomic mass is 10.0. The fraction of sp³-hybridized carbons (Fsp3) is 0.385. The van der Waals surface area contributed by atoms with Crippen LogP contribution in [0.1, 0.15) is 23.8 Å². The van der Waals surface area contributed by atoms with Crippen molar-refractivity contribution in [3.8, 4) is 6.07 Å². The smallest absolute Gasteiger partial charge is 0.328 e. The van der Waals surface area contributed by atoms with Crippen molar-refractivity contribution in [3.05, 3.63) is 30.1 Å². The highest BCUT2D eigenvalue weighted by molar-refractivity contribution is 5.95. The summed E-state index contributed by atoms with van der Waals surface area (Å²) >= 11 is 0. The topological polar surface area (TPSA) is 92.1 Å². The van der Waals surface area contributed by atoms with Crippen LogP contribution in [0, 0.1) is 17.2 Å². The lowest BCUT2D eigenvalue weighted by Crippen LogP contribution is -2.42. The summed E-state index contributed by atoms with van der Waals surface area (Å²) < 4.78 is 4.61. The van der Waals surface area contributed by atoms with Gasteiger partial charge in [0.25, 0.3) is 5.91 Å². The Balaban J connectivity index is 2.75. The second-order valence-corrected chi connectivity index (χ2v) is 4.03. The van der Waals surface area contributed by atoms with E-state index in [2.05, 4.69) is 15.0 Å². The second-order valence-electron chi connectivity index (χ2n) is 4.03. The van der Waals surface area contributed by atoms with E-state index >= 15 is 0 Å². The summed E-state index contributed by atoms with van der Waals surface area (Å²) in [4.78, 5) is 27.3. The number of carbonyl (C=O) groups excluding carboxylic acids is 2. The Morgan fingerprint density at radius 2 is 2.26 bits per heavy atom. The second kappa shape index (κ2) is 7.11. The Bertz CT molecular complexity index is 482. The molecule has 1 aromatic heterocycles. The molecule has 0 aliphatic heterocycles. The van der Waals surface area contributed by atoms with E-state index in [-0.39, 0.29) is 18.0 Å². The lowest BCUT2D eigenvalue weighted by molar-refractivity contribution is -0.143. The van der Waals surface area contributed by atoms with Gasteiger partial charge < -0.3 is 10.1 Å². The molecule has 0 saturated heterocycles. The minimum absolute atomic E-state index is 0.196. The van der Waals surface area contributed by atoms with Gasteiger partial charge in [0.1, 0.15) is 11.7 Å². The van der Waals surface area contributed by atoms with E-state index in [1.165, 1.54) is 19.4 Å². The molecule has 19 heavy (non-hydrogen) atoms. The molecule has 0 aliphatic carbocycles. The van der Waals surface area contributed by atoms with Gasteiger partial charge >= 0.3 is 5.97 Å². The number of hydrogen-bond donors (Lipinski definition) is 1. The van der Waals surface area contributed by atoms with E-state index in [0.29, 0.717) is 0 Å². The Morgan fingerprint density at radius 1 is 1.53 bits per heavy atom. The molecule has 6 heteroatoms. The maximum absolute atomic E-state index is 11.9. The monoisotopic (exact) mass is 261 g/mol. The van der Waals surface area contributed by atoms with Gasteiger partial charge in [-0.2, -0.15) is 5.26 Å². The fourth-order valence-electron chi connectivity index (χ4n) is 1.49. The number of amides is 1. The molecular formula is C13H15N3O3. The first-order valence-electron chi connectivity index (χ1n) is 5.77. The number of nitriles is 1. The standard InChI is InChI=1S/C13H15N3O3/c1-9(8-14)7-11(13(18)19-2)16-12(17)10-5-3-4-6-15-10/h3-6,9,11H,7H2,1-2H3,(H,16,17)/t9-,11-/m1/s1. The molecule has 0 bridgehead atoms. The first-order valence-corrected chi connectivity index (χ1v) is 5.77. The molecule has 1 amide bonds. The van der Waals surface area contributed by atoms with Gasteiger partial charge in [-0.15, -0.1) is 0 Å². The van der Waals surface area contributed by atoms with Crippen LogP contribution in [0.2, 0.25) is 0 Å². The van der Waals surface area contributed by atoms with Crippen LogP contribution in [0.3, 0.4) is 0 Å². The molecule has 2 atom stereocenters. The van der Waals surface area contributed by atoms with Crippen LogP contribution in [-0.2, 0) is 9.53 Å². The first-order chi connectivity index (χ1) is 9.08. The van der Waals surface area contributed by atoms with Crippen LogP contribution in [0.15, 0.2) is 24.4 Å². The number of nitrogens with zero attached hydrogens (tertiary/aromatic N) is 2. The van der Waals surface area contributed by atoms with E-state index in [4.69, 9.17) is 5.26 Å². The third kappa shape index (κ3) is 4.39. The summed E-state index contributed by atoms with van der Waals surface area (Å²) in [5.41, 5.74) is 0.209. The summed E-state index contributed by atoms with van der Waals surface area (Å²) in [5.74, 6) is -1.42. The Hall–Kier alpha value is -2.42. The Morgan fingerprint density at radius 3 is 2.79 bits per heavy atom. The molecule has 0 saturated carbocycles. The Kier molecular flexibility index (Phi) is 5.48. The minimum Gasteiger partial charge on any atom is -0.467 e. The summed E-state index contributed by atoms with van der Waals surface area (Å²) in [6.45, 7) is 1.67. The van der Waals surface area contributed by atoms with E-state index in [0.717, 1.165) is 0 Å². The maximum Gasteiger partial charge on any atom is 0.328 e. The van der Waals surface area contributed by atoms with Crippen LogP contribution < -0.4 is 5.32 Å². The minimum atomic E-state index is -0.853. The molecule has 0 spiro atoms. The van der Waals surface area contributed by atoms with E-state index in [9.17, 15) is 9.59 Å². The molecule has 1 heterocycles. The van der Waals surface area contributed by atoms with Crippen molar-refractivity contribution in [1.29, 1.82) is 5.26 Å². The lowest BCUT2D eigenvalue weighted by Gasteiger charge is -2.17. The van der Waals surface area contributed by atoms with Gasteiger partial charge in [0.05, 0.1) is 13.2 Å². The number of esters is 1. The summed E-state index contributed by atoms with van der Waals surface area (Å²) in [6.07, 6.45) is 1.68.